The highest BCUT2D eigenvalue weighted by Crippen LogP contribution is 2.30. The molecule has 0 saturated carbocycles. The molecule has 168 valence electrons. The summed E-state index contributed by atoms with van der Waals surface area (Å²) in [5, 5.41) is 4.57. The van der Waals surface area contributed by atoms with Gasteiger partial charge in [0.25, 0.3) is 0 Å². The van der Waals surface area contributed by atoms with Gasteiger partial charge in [0.15, 0.2) is 0 Å². The molecule has 0 N–H and O–H groups in total. The number of nitrogens with zero attached hydrogens (tertiary/aromatic N) is 4. The minimum absolute atomic E-state index is 0.840. The van der Waals surface area contributed by atoms with E-state index >= 15 is 0 Å². The molecule has 0 spiro atoms. The van der Waals surface area contributed by atoms with E-state index in [1.165, 1.54) is 10.8 Å². The van der Waals surface area contributed by atoms with Crippen LogP contribution in [0, 0.1) is 0 Å². The zero-order valence-electron chi connectivity index (χ0n) is 19.3. The van der Waals surface area contributed by atoms with Gasteiger partial charge in [0.05, 0.1) is 34.3 Å². The molecule has 3 heterocycles. The molecule has 0 amide bonds. The van der Waals surface area contributed by atoms with E-state index in [0.717, 1.165) is 55.6 Å². The van der Waals surface area contributed by atoms with E-state index in [9.17, 15) is 0 Å². The number of rotatable bonds is 3. The Balaban J connectivity index is 1.37. The molecular weight excluding hydrogens is 440 g/mol. The number of aromatic nitrogens is 4. The van der Waals surface area contributed by atoms with Gasteiger partial charge in [-0.05, 0) is 35.0 Å². The predicted octanol–water partition coefficient (Wildman–Crippen LogP) is 7.73. The van der Waals surface area contributed by atoms with Crippen LogP contribution in [0.3, 0.4) is 0 Å². The highest BCUT2D eigenvalue weighted by molar-refractivity contribution is 6.04. The average molecular weight is 461 g/mol. The van der Waals surface area contributed by atoms with E-state index in [1.54, 1.807) is 18.6 Å². The molecule has 0 atom stereocenters. The Bertz CT molecular complexity index is 1890. The van der Waals surface area contributed by atoms with Crippen molar-refractivity contribution >= 4 is 32.6 Å². The highest BCUT2D eigenvalue weighted by atomic mass is 14.8. The van der Waals surface area contributed by atoms with Gasteiger partial charge < -0.3 is 0 Å². The van der Waals surface area contributed by atoms with Gasteiger partial charge in [0.2, 0.25) is 0 Å². The fourth-order valence-corrected chi connectivity index (χ4v) is 4.72. The number of pyridine rings is 2. The maximum absolute atomic E-state index is 5.10. The smallest absolute Gasteiger partial charge is 0.0972 e. The van der Waals surface area contributed by atoms with Gasteiger partial charge in [-0.1, -0.05) is 78.9 Å². The van der Waals surface area contributed by atoms with Crippen molar-refractivity contribution in [2.45, 2.75) is 0 Å². The lowest BCUT2D eigenvalue weighted by Gasteiger charge is -2.09. The molecule has 4 heteroatoms. The molecule has 0 aliphatic heterocycles. The van der Waals surface area contributed by atoms with Gasteiger partial charge in [0, 0.05) is 39.9 Å². The maximum Gasteiger partial charge on any atom is 0.0972 e. The topological polar surface area (TPSA) is 51.6 Å². The summed E-state index contributed by atoms with van der Waals surface area (Å²) in [7, 11) is 0. The largest absolute Gasteiger partial charge is 0.261 e. The van der Waals surface area contributed by atoms with Crippen LogP contribution in [0.4, 0.5) is 0 Å². The van der Waals surface area contributed by atoms with Crippen molar-refractivity contribution in [3.05, 3.63) is 122 Å². The molecular formula is C32H20N4. The summed E-state index contributed by atoms with van der Waals surface area (Å²) in [6, 6.07) is 35.8. The van der Waals surface area contributed by atoms with E-state index in [0.29, 0.717) is 0 Å². The van der Waals surface area contributed by atoms with Crippen LogP contribution in [0.1, 0.15) is 0 Å². The Morgan fingerprint density at radius 1 is 0.417 bits per heavy atom. The summed E-state index contributed by atoms with van der Waals surface area (Å²) in [6.45, 7) is 0. The van der Waals surface area contributed by atoms with Gasteiger partial charge in [-0.3, -0.25) is 9.97 Å². The highest BCUT2D eigenvalue weighted by Gasteiger charge is 2.10. The standard InChI is InChI=1S/C32H20N4/c1-2-5-24-18-27(11-8-21(24)4-1)29-15-13-23-10-9-22-12-14-28(35-31(22)32(23)36-29)25-6-3-7-26(19-25)30-20-33-16-17-34-30/h1-20H. The van der Waals surface area contributed by atoms with E-state index in [2.05, 4.69) is 101 Å². The second-order valence-corrected chi connectivity index (χ2v) is 8.84. The zero-order valence-corrected chi connectivity index (χ0v) is 19.3. The predicted molar refractivity (Wildman–Crippen MR) is 146 cm³/mol. The van der Waals surface area contributed by atoms with Crippen molar-refractivity contribution in [2.24, 2.45) is 0 Å². The van der Waals surface area contributed by atoms with Crippen molar-refractivity contribution in [2.75, 3.05) is 0 Å². The molecule has 3 aromatic heterocycles. The average Bonchev–Trinajstić information content (AvgIpc) is 2.97. The Labute approximate surface area is 208 Å². The van der Waals surface area contributed by atoms with E-state index < -0.39 is 0 Å². The molecule has 0 bridgehead atoms. The summed E-state index contributed by atoms with van der Waals surface area (Å²) >= 11 is 0. The Morgan fingerprint density at radius 3 is 1.72 bits per heavy atom. The van der Waals surface area contributed by atoms with Crippen LogP contribution in [0.2, 0.25) is 0 Å². The van der Waals surface area contributed by atoms with Crippen LogP contribution >= 0.6 is 0 Å². The molecule has 0 saturated heterocycles. The summed E-state index contributed by atoms with van der Waals surface area (Å²) in [6.07, 6.45) is 5.17. The van der Waals surface area contributed by atoms with Gasteiger partial charge >= 0.3 is 0 Å². The summed E-state index contributed by atoms with van der Waals surface area (Å²) in [4.78, 5) is 18.8. The first-order valence-corrected chi connectivity index (χ1v) is 11.9. The van der Waals surface area contributed by atoms with Gasteiger partial charge in [-0.15, -0.1) is 0 Å². The van der Waals surface area contributed by atoms with Crippen molar-refractivity contribution in [1.82, 2.24) is 19.9 Å². The quantitative estimate of drug-likeness (QED) is 0.253. The molecule has 7 rings (SSSR count). The Kier molecular flexibility index (Phi) is 4.74. The van der Waals surface area contributed by atoms with Crippen LogP contribution in [0.15, 0.2) is 122 Å². The lowest BCUT2D eigenvalue weighted by molar-refractivity contribution is 1.21. The van der Waals surface area contributed by atoms with Crippen molar-refractivity contribution in [3.8, 4) is 33.8 Å². The van der Waals surface area contributed by atoms with E-state index in [4.69, 9.17) is 9.97 Å². The molecule has 4 aromatic carbocycles. The monoisotopic (exact) mass is 460 g/mol. The first kappa shape index (κ1) is 20.4. The SMILES string of the molecule is c1cc(-c2cnccn2)cc(-c2ccc3ccc4ccc(-c5ccc6ccccc6c5)nc4c3n2)c1. The van der Waals surface area contributed by atoms with Crippen LogP contribution in [0.5, 0.6) is 0 Å². The summed E-state index contributed by atoms with van der Waals surface area (Å²) < 4.78 is 0. The van der Waals surface area contributed by atoms with Crippen LogP contribution in [-0.4, -0.2) is 19.9 Å². The molecule has 0 radical (unpaired) electrons. The minimum atomic E-state index is 0.840. The van der Waals surface area contributed by atoms with Crippen LogP contribution in [-0.2, 0) is 0 Å². The third kappa shape index (κ3) is 3.56. The second kappa shape index (κ2) is 8.36. The number of fused-ring (bicyclic) bond motifs is 4. The van der Waals surface area contributed by atoms with Gasteiger partial charge in [0.1, 0.15) is 0 Å². The third-order valence-electron chi connectivity index (χ3n) is 6.58. The van der Waals surface area contributed by atoms with Gasteiger partial charge in [-0.25, -0.2) is 9.97 Å². The molecule has 0 fully saturated rings. The van der Waals surface area contributed by atoms with Crippen molar-refractivity contribution in [1.29, 1.82) is 0 Å². The fraction of sp³-hybridized carbons (Fsp3) is 0. The van der Waals surface area contributed by atoms with Crippen LogP contribution < -0.4 is 0 Å². The van der Waals surface area contributed by atoms with Gasteiger partial charge in [-0.2, -0.15) is 0 Å². The lowest BCUT2D eigenvalue weighted by atomic mass is 10.0. The number of hydrogen-bond donors (Lipinski definition) is 0. The molecule has 0 aliphatic rings. The molecule has 36 heavy (non-hydrogen) atoms. The number of benzene rings is 4. The van der Waals surface area contributed by atoms with Crippen molar-refractivity contribution in [3.63, 3.8) is 0 Å². The summed E-state index contributed by atoms with van der Waals surface area (Å²) in [5.41, 5.74) is 7.63. The van der Waals surface area contributed by atoms with E-state index in [-0.39, 0.29) is 0 Å². The lowest BCUT2D eigenvalue weighted by Crippen LogP contribution is -1.91. The molecule has 7 aromatic rings. The fourth-order valence-electron chi connectivity index (χ4n) is 4.72. The Hall–Kier alpha value is -4.96. The second-order valence-electron chi connectivity index (χ2n) is 8.84. The zero-order chi connectivity index (χ0) is 23.9. The maximum atomic E-state index is 5.10. The number of hydrogen-bond acceptors (Lipinski definition) is 4. The third-order valence-corrected chi connectivity index (χ3v) is 6.58. The van der Waals surface area contributed by atoms with Crippen LogP contribution in [0.25, 0.3) is 66.4 Å². The molecule has 0 aliphatic carbocycles. The first-order valence-electron chi connectivity index (χ1n) is 11.9. The van der Waals surface area contributed by atoms with E-state index in [1.807, 2.05) is 12.1 Å². The minimum Gasteiger partial charge on any atom is -0.261 e. The molecule has 4 nitrogen and oxygen atoms in total. The first-order chi connectivity index (χ1) is 17.8. The normalized spacial score (nSPS) is 11.3. The van der Waals surface area contributed by atoms with Crippen molar-refractivity contribution < 1.29 is 0 Å². The Morgan fingerprint density at radius 2 is 1.03 bits per heavy atom. The molecule has 0 unspecified atom stereocenters. The summed E-state index contributed by atoms with van der Waals surface area (Å²) in [5.74, 6) is 0.